The minimum absolute atomic E-state index is 0.0988. The number of halogens is 3. The van der Waals surface area contributed by atoms with E-state index in [1.807, 2.05) is 0 Å². The van der Waals surface area contributed by atoms with E-state index in [1.165, 1.54) is 18.6 Å². The second-order valence-corrected chi connectivity index (χ2v) is 6.45. The molecule has 1 aromatic rings. The molecule has 0 bridgehead atoms. The third kappa shape index (κ3) is 8.36. The van der Waals surface area contributed by atoms with Crippen molar-refractivity contribution in [3.8, 4) is 0 Å². The van der Waals surface area contributed by atoms with Crippen molar-refractivity contribution in [3.63, 3.8) is 0 Å². The van der Waals surface area contributed by atoms with Gasteiger partial charge in [0.2, 0.25) is 11.8 Å². The number of rotatable bonds is 11. The third-order valence-electron chi connectivity index (χ3n) is 4.17. The summed E-state index contributed by atoms with van der Waals surface area (Å²) >= 11 is 0. The highest BCUT2D eigenvalue weighted by molar-refractivity contribution is 5.87. The molecule has 0 aromatic heterocycles. The Labute approximate surface area is 152 Å². The van der Waals surface area contributed by atoms with E-state index < -0.39 is 29.6 Å². The van der Waals surface area contributed by atoms with Gasteiger partial charge in [-0.1, -0.05) is 57.6 Å². The molecule has 0 aliphatic carbocycles. The van der Waals surface area contributed by atoms with Gasteiger partial charge in [-0.15, -0.1) is 0 Å². The fourth-order valence-corrected chi connectivity index (χ4v) is 2.66. The highest BCUT2D eigenvalue weighted by atomic mass is 19.4. The number of carbonyl (C=O) groups is 2. The SMILES string of the molecule is CCCCCCCC[C@@H](NC(=O)Cc1ccc(C(F)(F)F)cc1)C(N)=O. The number of amides is 2. The maximum atomic E-state index is 12.5. The summed E-state index contributed by atoms with van der Waals surface area (Å²) in [5.74, 6) is -1.03. The molecule has 1 aromatic carbocycles. The molecule has 2 amide bonds. The van der Waals surface area contributed by atoms with Crippen LogP contribution in [0.25, 0.3) is 0 Å². The minimum atomic E-state index is -4.41. The van der Waals surface area contributed by atoms with Gasteiger partial charge in [0.15, 0.2) is 0 Å². The molecule has 0 saturated carbocycles. The molecule has 0 radical (unpaired) electrons. The molecule has 0 fully saturated rings. The summed E-state index contributed by atoms with van der Waals surface area (Å²) in [6, 6.07) is 3.64. The summed E-state index contributed by atoms with van der Waals surface area (Å²) in [6.45, 7) is 2.13. The van der Waals surface area contributed by atoms with Crippen molar-refractivity contribution < 1.29 is 22.8 Å². The fourth-order valence-electron chi connectivity index (χ4n) is 2.66. The lowest BCUT2D eigenvalue weighted by atomic mass is 10.0. The average Bonchev–Trinajstić information content (AvgIpc) is 2.56. The Morgan fingerprint density at radius 1 is 1.04 bits per heavy atom. The van der Waals surface area contributed by atoms with E-state index in [9.17, 15) is 22.8 Å². The largest absolute Gasteiger partial charge is 0.416 e. The van der Waals surface area contributed by atoms with Gasteiger partial charge in [-0.05, 0) is 24.1 Å². The van der Waals surface area contributed by atoms with E-state index in [-0.39, 0.29) is 6.42 Å². The predicted molar refractivity (Wildman–Crippen MR) is 94.3 cm³/mol. The zero-order chi connectivity index (χ0) is 19.6. The smallest absolute Gasteiger partial charge is 0.368 e. The van der Waals surface area contributed by atoms with Crippen molar-refractivity contribution in [2.45, 2.75) is 70.5 Å². The maximum absolute atomic E-state index is 12.5. The molecule has 0 unspecified atom stereocenters. The fraction of sp³-hybridized carbons (Fsp3) is 0.579. The summed E-state index contributed by atoms with van der Waals surface area (Å²) in [5.41, 5.74) is 5.01. The number of benzene rings is 1. The van der Waals surface area contributed by atoms with Crippen molar-refractivity contribution >= 4 is 11.8 Å². The van der Waals surface area contributed by atoms with E-state index >= 15 is 0 Å². The first-order valence-electron chi connectivity index (χ1n) is 8.99. The van der Waals surface area contributed by atoms with Crippen LogP contribution >= 0.6 is 0 Å². The quantitative estimate of drug-likeness (QED) is 0.577. The molecule has 26 heavy (non-hydrogen) atoms. The first kappa shape index (κ1) is 22.0. The molecule has 0 aliphatic heterocycles. The minimum Gasteiger partial charge on any atom is -0.368 e. The van der Waals surface area contributed by atoms with E-state index in [0.29, 0.717) is 12.0 Å². The number of nitrogens with one attached hydrogen (secondary N) is 1. The topological polar surface area (TPSA) is 72.2 Å². The van der Waals surface area contributed by atoms with Crippen LogP contribution in [0, 0.1) is 0 Å². The van der Waals surface area contributed by atoms with Crippen molar-refractivity contribution in [2.24, 2.45) is 5.73 Å². The van der Waals surface area contributed by atoms with Crippen molar-refractivity contribution in [2.75, 3.05) is 0 Å². The Morgan fingerprint density at radius 3 is 2.15 bits per heavy atom. The van der Waals surface area contributed by atoms with Gasteiger partial charge in [0, 0.05) is 0 Å². The first-order valence-corrected chi connectivity index (χ1v) is 8.99. The number of nitrogens with two attached hydrogens (primary N) is 1. The predicted octanol–water partition coefficient (Wildman–Crippen LogP) is 3.97. The number of primary amides is 1. The van der Waals surface area contributed by atoms with Crippen LogP contribution in [0.3, 0.4) is 0 Å². The van der Waals surface area contributed by atoms with Crippen LogP contribution in [-0.4, -0.2) is 17.9 Å². The number of carbonyl (C=O) groups excluding carboxylic acids is 2. The molecule has 1 rings (SSSR count). The van der Waals surface area contributed by atoms with Crippen LogP contribution in [0.5, 0.6) is 0 Å². The van der Waals surface area contributed by atoms with Crippen LogP contribution in [0.2, 0.25) is 0 Å². The molecule has 146 valence electrons. The highest BCUT2D eigenvalue weighted by Crippen LogP contribution is 2.29. The first-order chi connectivity index (χ1) is 12.2. The van der Waals surface area contributed by atoms with Crippen LogP contribution < -0.4 is 11.1 Å². The van der Waals surface area contributed by atoms with Gasteiger partial charge < -0.3 is 11.1 Å². The summed E-state index contributed by atoms with van der Waals surface area (Å²) in [6.07, 6.45) is 2.30. The van der Waals surface area contributed by atoms with Gasteiger partial charge in [0.05, 0.1) is 12.0 Å². The number of alkyl halides is 3. The Bertz CT molecular complexity index is 571. The lowest BCUT2D eigenvalue weighted by Gasteiger charge is -2.15. The lowest BCUT2D eigenvalue weighted by Crippen LogP contribution is -2.44. The molecular weight excluding hydrogens is 345 g/mol. The number of hydrogen-bond acceptors (Lipinski definition) is 2. The second kappa shape index (κ2) is 10.8. The van der Waals surface area contributed by atoms with Crippen LogP contribution in [0.15, 0.2) is 24.3 Å². The normalized spacial score (nSPS) is 12.6. The zero-order valence-electron chi connectivity index (χ0n) is 15.1. The molecule has 0 spiro atoms. The van der Waals surface area contributed by atoms with Gasteiger partial charge in [0.1, 0.15) is 6.04 Å². The maximum Gasteiger partial charge on any atom is 0.416 e. The second-order valence-electron chi connectivity index (χ2n) is 6.45. The van der Waals surface area contributed by atoms with Crippen molar-refractivity contribution in [1.29, 1.82) is 0 Å². The van der Waals surface area contributed by atoms with Crippen LogP contribution in [-0.2, 0) is 22.2 Å². The number of hydrogen-bond donors (Lipinski definition) is 2. The molecule has 0 aliphatic rings. The van der Waals surface area contributed by atoms with Gasteiger partial charge in [-0.3, -0.25) is 9.59 Å². The van der Waals surface area contributed by atoms with Gasteiger partial charge in [0.25, 0.3) is 0 Å². The van der Waals surface area contributed by atoms with Crippen LogP contribution in [0.1, 0.15) is 63.0 Å². The molecule has 7 heteroatoms. The van der Waals surface area contributed by atoms with E-state index in [4.69, 9.17) is 5.73 Å². The Balaban J connectivity index is 2.45. The van der Waals surface area contributed by atoms with E-state index in [0.717, 1.165) is 44.2 Å². The molecule has 0 saturated heterocycles. The molecule has 1 atom stereocenters. The standard InChI is InChI=1S/C19H27F3N2O2/c1-2-3-4-5-6-7-8-16(18(23)26)24-17(25)13-14-9-11-15(12-10-14)19(20,21)22/h9-12,16H,2-8,13H2,1H3,(H2,23,26)(H,24,25)/t16-/m1/s1. The summed E-state index contributed by atoms with van der Waals surface area (Å²) in [7, 11) is 0. The van der Waals surface area contributed by atoms with Gasteiger partial charge in [-0.2, -0.15) is 13.2 Å². The third-order valence-corrected chi connectivity index (χ3v) is 4.17. The summed E-state index contributed by atoms with van der Waals surface area (Å²) in [5, 5.41) is 2.58. The average molecular weight is 372 g/mol. The lowest BCUT2D eigenvalue weighted by molar-refractivity contribution is -0.137. The van der Waals surface area contributed by atoms with Crippen LogP contribution in [0.4, 0.5) is 13.2 Å². The summed E-state index contributed by atoms with van der Waals surface area (Å²) < 4.78 is 37.6. The molecule has 3 N–H and O–H groups in total. The molecular formula is C19H27F3N2O2. The Hall–Kier alpha value is -2.05. The highest BCUT2D eigenvalue weighted by Gasteiger charge is 2.30. The van der Waals surface area contributed by atoms with E-state index in [2.05, 4.69) is 12.2 Å². The zero-order valence-corrected chi connectivity index (χ0v) is 15.1. The number of unbranched alkanes of at least 4 members (excludes halogenated alkanes) is 5. The Morgan fingerprint density at radius 2 is 1.62 bits per heavy atom. The van der Waals surface area contributed by atoms with Gasteiger partial charge >= 0.3 is 6.18 Å². The summed E-state index contributed by atoms with van der Waals surface area (Å²) in [4.78, 5) is 23.5. The Kier molecular flexibility index (Phi) is 9.16. The van der Waals surface area contributed by atoms with Crippen molar-refractivity contribution in [3.05, 3.63) is 35.4 Å². The van der Waals surface area contributed by atoms with Crippen molar-refractivity contribution in [1.82, 2.24) is 5.32 Å². The monoisotopic (exact) mass is 372 g/mol. The van der Waals surface area contributed by atoms with E-state index in [1.54, 1.807) is 0 Å². The molecule has 0 heterocycles. The van der Waals surface area contributed by atoms with Gasteiger partial charge in [-0.25, -0.2) is 0 Å². The molecule has 4 nitrogen and oxygen atoms in total.